The first-order valence-electron chi connectivity index (χ1n) is 9.96. The first-order valence-corrected chi connectivity index (χ1v) is 10.3. The third-order valence-corrected chi connectivity index (χ3v) is 5.78. The van der Waals surface area contributed by atoms with Crippen molar-refractivity contribution in [3.63, 3.8) is 0 Å². The Morgan fingerprint density at radius 3 is 2.22 bits per heavy atom. The van der Waals surface area contributed by atoms with E-state index in [2.05, 4.69) is 18.5 Å². The summed E-state index contributed by atoms with van der Waals surface area (Å²) < 4.78 is 5.38. The molecule has 0 saturated heterocycles. The van der Waals surface area contributed by atoms with Crippen molar-refractivity contribution in [2.45, 2.75) is 38.5 Å². The van der Waals surface area contributed by atoms with Crippen LogP contribution in [0.1, 0.15) is 38.5 Å². The smallest absolute Gasteiger partial charge is 0.410 e. The monoisotopic (exact) mass is 392 g/mol. The van der Waals surface area contributed by atoms with E-state index in [1.165, 1.54) is 32.1 Å². The highest BCUT2D eigenvalue weighted by molar-refractivity contribution is 6.30. The van der Waals surface area contributed by atoms with Crippen LogP contribution in [0.15, 0.2) is 36.9 Å². The zero-order chi connectivity index (χ0) is 19.6. The lowest BCUT2D eigenvalue weighted by atomic mass is 9.79. The molecule has 1 aromatic carbocycles. The predicted molar refractivity (Wildman–Crippen MR) is 112 cm³/mol. The van der Waals surface area contributed by atoms with Crippen LogP contribution < -0.4 is 4.74 Å². The van der Waals surface area contributed by atoms with Crippen LogP contribution in [-0.4, -0.2) is 49.6 Å². The molecule has 150 valence electrons. The molecule has 1 aromatic rings. The van der Waals surface area contributed by atoms with Crippen molar-refractivity contribution in [3.8, 4) is 5.75 Å². The molecule has 0 spiro atoms. The largest absolute Gasteiger partial charge is 0.414 e. The van der Waals surface area contributed by atoms with Gasteiger partial charge in [0.05, 0.1) is 0 Å². The van der Waals surface area contributed by atoms with Gasteiger partial charge in [-0.3, -0.25) is 0 Å². The SMILES string of the molecule is C=CCN(C)CCC1CCC(CCN(C)C(=O)Oc2ccc(Cl)cc2)CC1. The van der Waals surface area contributed by atoms with Gasteiger partial charge in [-0.05, 0) is 62.5 Å². The van der Waals surface area contributed by atoms with Gasteiger partial charge in [0.25, 0.3) is 0 Å². The second-order valence-electron chi connectivity index (χ2n) is 7.76. The summed E-state index contributed by atoms with van der Waals surface area (Å²) in [7, 11) is 3.96. The van der Waals surface area contributed by atoms with Gasteiger partial charge in [0.15, 0.2) is 0 Å². The minimum atomic E-state index is -0.309. The Morgan fingerprint density at radius 2 is 1.67 bits per heavy atom. The van der Waals surface area contributed by atoms with Gasteiger partial charge >= 0.3 is 6.09 Å². The molecular weight excluding hydrogens is 360 g/mol. The molecule has 0 aliphatic heterocycles. The van der Waals surface area contributed by atoms with Crippen LogP contribution in [0.2, 0.25) is 5.02 Å². The molecule has 0 bridgehead atoms. The quantitative estimate of drug-likeness (QED) is 0.522. The summed E-state index contributed by atoms with van der Waals surface area (Å²) in [6.45, 7) is 6.65. The Kier molecular flexibility index (Phi) is 9.16. The molecule has 0 aromatic heterocycles. The third-order valence-electron chi connectivity index (χ3n) is 5.53. The summed E-state index contributed by atoms with van der Waals surface area (Å²) in [5.74, 6) is 2.09. The summed E-state index contributed by atoms with van der Waals surface area (Å²) in [6, 6.07) is 6.86. The summed E-state index contributed by atoms with van der Waals surface area (Å²) in [5, 5.41) is 0.631. The highest BCUT2D eigenvalue weighted by atomic mass is 35.5. The van der Waals surface area contributed by atoms with Gasteiger partial charge in [-0.2, -0.15) is 0 Å². The molecule has 27 heavy (non-hydrogen) atoms. The van der Waals surface area contributed by atoms with E-state index < -0.39 is 0 Å². The number of hydrogen-bond acceptors (Lipinski definition) is 3. The number of likely N-dealkylation sites (N-methyl/N-ethyl adjacent to an activating group) is 1. The van der Waals surface area contributed by atoms with E-state index in [1.54, 1.807) is 36.2 Å². The highest BCUT2D eigenvalue weighted by Gasteiger charge is 2.22. The average Bonchev–Trinajstić information content (AvgIpc) is 2.67. The lowest BCUT2D eigenvalue weighted by Crippen LogP contribution is -2.32. The normalized spacial score (nSPS) is 19.7. The number of nitrogens with zero attached hydrogens (tertiary/aromatic N) is 2. The van der Waals surface area contributed by atoms with Crippen molar-refractivity contribution >= 4 is 17.7 Å². The van der Waals surface area contributed by atoms with Crippen molar-refractivity contribution in [2.24, 2.45) is 11.8 Å². The maximum absolute atomic E-state index is 12.2. The molecule has 1 aliphatic rings. The number of benzene rings is 1. The molecule has 5 heteroatoms. The van der Waals surface area contributed by atoms with Crippen molar-refractivity contribution in [3.05, 3.63) is 41.9 Å². The Balaban J connectivity index is 1.63. The molecule has 0 N–H and O–H groups in total. The fourth-order valence-corrected chi connectivity index (χ4v) is 3.80. The van der Waals surface area contributed by atoms with Crippen LogP contribution >= 0.6 is 11.6 Å². The van der Waals surface area contributed by atoms with E-state index >= 15 is 0 Å². The fraction of sp³-hybridized carbons (Fsp3) is 0.591. The van der Waals surface area contributed by atoms with Gasteiger partial charge in [-0.15, -0.1) is 6.58 Å². The first-order chi connectivity index (χ1) is 13.0. The van der Waals surface area contributed by atoms with Gasteiger partial charge < -0.3 is 14.5 Å². The van der Waals surface area contributed by atoms with Gasteiger partial charge in [0.2, 0.25) is 0 Å². The Morgan fingerprint density at radius 1 is 1.11 bits per heavy atom. The molecule has 2 rings (SSSR count). The van der Waals surface area contributed by atoms with E-state index in [0.29, 0.717) is 10.8 Å². The zero-order valence-corrected chi connectivity index (χ0v) is 17.5. The average molecular weight is 393 g/mol. The van der Waals surface area contributed by atoms with Crippen LogP contribution in [0.5, 0.6) is 5.75 Å². The first kappa shape index (κ1) is 21.8. The maximum Gasteiger partial charge on any atom is 0.414 e. The number of carbonyl (C=O) groups excluding carboxylic acids is 1. The van der Waals surface area contributed by atoms with Crippen LogP contribution in [0.3, 0.4) is 0 Å². The Labute approximate surface area is 169 Å². The summed E-state index contributed by atoms with van der Waals surface area (Å²) in [5.41, 5.74) is 0. The fourth-order valence-electron chi connectivity index (χ4n) is 3.67. The summed E-state index contributed by atoms with van der Waals surface area (Å²) in [6.07, 6.45) is 9.16. The lowest BCUT2D eigenvalue weighted by Gasteiger charge is -2.30. The maximum atomic E-state index is 12.2. The van der Waals surface area contributed by atoms with E-state index in [0.717, 1.165) is 37.9 Å². The van der Waals surface area contributed by atoms with Crippen molar-refractivity contribution < 1.29 is 9.53 Å². The third kappa shape index (κ3) is 7.94. The molecule has 1 saturated carbocycles. The molecule has 0 atom stereocenters. The number of hydrogen-bond donors (Lipinski definition) is 0. The second-order valence-corrected chi connectivity index (χ2v) is 8.19. The molecule has 4 nitrogen and oxygen atoms in total. The number of rotatable bonds is 9. The molecule has 0 radical (unpaired) electrons. The van der Waals surface area contributed by atoms with Crippen molar-refractivity contribution in [2.75, 3.05) is 33.7 Å². The van der Waals surface area contributed by atoms with Crippen molar-refractivity contribution in [1.82, 2.24) is 9.80 Å². The van der Waals surface area contributed by atoms with Crippen LogP contribution in [0.25, 0.3) is 0 Å². The van der Waals surface area contributed by atoms with Crippen molar-refractivity contribution in [1.29, 1.82) is 0 Å². The molecule has 0 heterocycles. The minimum Gasteiger partial charge on any atom is -0.410 e. The molecule has 1 aliphatic carbocycles. The summed E-state index contributed by atoms with van der Waals surface area (Å²) >= 11 is 5.85. The van der Waals surface area contributed by atoms with Crippen LogP contribution in [0.4, 0.5) is 4.79 Å². The molecule has 0 unspecified atom stereocenters. The van der Waals surface area contributed by atoms with Gasteiger partial charge in [0, 0.05) is 25.2 Å². The standard InChI is InChI=1S/C22H33ClN2O2/c1-4-15-24(2)16-13-18-5-7-19(8-6-18)14-17-25(3)22(26)27-21-11-9-20(23)10-12-21/h4,9-12,18-19H,1,5-8,13-17H2,2-3H3. The lowest BCUT2D eigenvalue weighted by molar-refractivity contribution is 0.155. The molecule has 1 fully saturated rings. The minimum absolute atomic E-state index is 0.309. The zero-order valence-electron chi connectivity index (χ0n) is 16.7. The predicted octanol–water partition coefficient (Wildman–Crippen LogP) is 5.48. The number of amides is 1. The molecule has 1 amide bonds. The molecular formula is C22H33ClN2O2. The van der Waals surface area contributed by atoms with Crippen LogP contribution in [-0.2, 0) is 0 Å². The van der Waals surface area contributed by atoms with Gasteiger partial charge in [-0.1, -0.05) is 43.4 Å². The number of halogens is 1. The van der Waals surface area contributed by atoms with Crippen LogP contribution in [0, 0.1) is 11.8 Å². The topological polar surface area (TPSA) is 32.8 Å². The van der Waals surface area contributed by atoms with E-state index in [4.69, 9.17) is 16.3 Å². The second kappa shape index (κ2) is 11.4. The number of carbonyl (C=O) groups is 1. The van der Waals surface area contributed by atoms with E-state index in [1.807, 2.05) is 6.08 Å². The Hall–Kier alpha value is -1.52. The highest BCUT2D eigenvalue weighted by Crippen LogP contribution is 2.32. The Bertz CT molecular complexity index is 582. The van der Waals surface area contributed by atoms with E-state index in [9.17, 15) is 4.79 Å². The van der Waals surface area contributed by atoms with E-state index in [-0.39, 0.29) is 6.09 Å². The number of ether oxygens (including phenoxy) is 1. The van der Waals surface area contributed by atoms with Gasteiger partial charge in [-0.25, -0.2) is 4.79 Å². The van der Waals surface area contributed by atoms with Gasteiger partial charge in [0.1, 0.15) is 5.75 Å². The summed E-state index contributed by atoms with van der Waals surface area (Å²) in [4.78, 5) is 16.2.